The highest BCUT2D eigenvalue weighted by molar-refractivity contribution is 6.07. The predicted molar refractivity (Wildman–Crippen MR) is 133 cm³/mol. The lowest BCUT2D eigenvalue weighted by Crippen LogP contribution is -2.33. The molecule has 1 N–H and O–H groups in total. The van der Waals surface area contributed by atoms with Crippen LogP contribution < -0.4 is 5.32 Å². The van der Waals surface area contributed by atoms with Gasteiger partial charge in [-0.15, -0.1) is 0 Å². The molecule has 0 saturated heterocycles. The van der Waals surface area contributed by atoms with Gasteiger partial charge in [-0.05, 0) is 57.0 Å². The fourth-order valence-corrected chi connectivity index (χ4v) is 4.11. The summed E-state index contributed by atoms with van der Waals surface area (Å²) in [5.41, 5.74) is 4.32. The van der Waals surface area contributed by atoms with Crippen molar-refractivity contribution in [2.75, 3.05) is 6.61 Å². The van der Waals surface area contributed by atoms with Crippen LogP contribution in [0.15, 0.2) is 54.7 Å². The molecule has 2 heterocycles. The third-order valence-corrected chi connectivity index (χ3v) is 5.56. The van der Waals surface area contributed by atoms with Crippen LogP contribution in [0.3, 0.4) is 0 Å². The first-order chi connectivity index (χ1) is 16.2. The molecule has 4 aromatic rings. The third kappa shape index (κ3) is 4.59. The first-order valence-electron chi connectivity index (χ1n) is 11.3. The van der Waals surface area contributed by atoms with Gasteiger partial charge in [-0.2, -0.15) is 0 Å². The number of para-hydroxylation sites is 1. The van der Waals surface area contributed by atoms with Crippen molar-refractivity contribution in [3.63, 3.8) is 0 Å². The average molecular weight is 460 g/mol. The Hall–Kier alpha value is -3.87. The molecule has 0 spiro atoms. The second kappa shape index (κ2) is 9.17. The molecule has 0 fully saturated rings. The van der Waals surface area contributed by atoms with Crippen molar-refractivity contribution in [2.45, 2.75) is 39.8 Å². The van der Waals surface area contributed by atoms with Crippen LogP contribution in [-0.2, 0) is 23.1 Å². The Morgan fingerprint density at radius 3 is 2.56 bits per heavy atom. The maximum Gasteiger partial charge on any atom is 0.407 e. The number of amides is 1. The van der Waals surface area contributed by atoms with Crippen molar-refractivity contribution in [3.8, 4) is 11.1 Å². The summed E-state index contributed by atoms with van der Waals surface area (Å²) in [5.74, 6) is -0.420. The molecule has 0 aliphatic carbocycles. The number of hydrogen-bond donors (Lipinski definition) is 1. The molecule has 7 nitrogen and oxygen atoms in total. The monoisotopic (exact) mass is 459 g/mol. The van der Waals surface area contributed by atoms with E-state index in [2.05, 4.69) is 16.4 Å². The summed E-state index contributed by atoms with van der Waals surface area (Å²) in [6.45, 7) is 7.57. The lowest BCUT2D eigenvalue weighted by atomic mass is 9.99. The number of aromatic nitrogens is 2. The van der Waals surface area contributed by atoms with Crippen LogP contribution in [0.2, 0.25) is 0 Å². The molecule has 0 bridgehead atoms. The normalized spacial score (nSPS) is 11.6. The van der Waals surface area contributed by atoms with E-state index in [-0.39, 0.29) is 13.2 Å². The largest absolute Gasteiger partial charge is 0.462 e. The summed E-state index contributed by atoms with van der Waals surface area (Å²) in [5, 5.41) is 4.59. The lowest BCUT2D eigenvalue weighted by Gasteiger charge is -2.20. The molecule has 176 valence electrons. The van der Waals surface area contributed by atoms with Gasteiger partial charge in [-0.1, -0.05) is 30.3 Å². The van der Waals surface area contributed by atoms with E-state index in [0.717, 1.165) is 32.9 Å². The van der Waals surface area contributed by atoms with E-state index in [1.165, 1.54) is 0 Å². The van der Waals surface area contributed by atoms with Crippen LogP contribution in [0.5, 0.6) is 0 Å². The summed E-state index contributed by atoms with van der Waals surface area (Å²) in [4.78, 5) is 29.6. The molecule has 0 radical (unpaired) electrons. The van der Waals surface area contributed by atoms with Gasteiger partial charge in [0.25, 0.3) is 0 Å². The minimum Gasteiger partial charge on any atom is -0.462 e. The summed E-state index contributed by atoms with van der Waals surface area (Å²) in [6.07, 6.45) is 1.25. The van der Waals surface area contributed by atoms with Crippen molar-refractivity contribution in [1.29, 1.82) is 0 Å². The zero-order valence-corrected chi connectivity index (χ0v) is 20.1. The number of carbonyl (C=O) groups excluding carboxylic acids is 2. The van der Waals surface area contributed by atoms with E-state index in [9.17, 15) is 9.59 Å². The smallest absolute Gasteiger partial charge is 0.407 e. The average Bonchev–Trinajstić information content (AvgIpc) is 3.07. The van der Waals surface area contributed by atoms with Crippen molar-refractivity contribution < 1.29 is 19.1 Å². The number of hydrogen-bond acceptors (Lipinski definition) is 5. The number of nitrogens with zero attached hydrogens (tertiary/aromatic N) is 2. The summed E-state index contributed by atoms with van der Waals surface area (Å²) in [7, 11) is 1.88. The zero-order valence-electron chi connectivity index (χ0n) is 20.1. The molecule has 0 aliphatic heterocycles. The number of pyridine rings is 1. The van der Waals surface area contributed by atoms with Crippen LogP contribution in [0.1, 0.15) is 43.7 Å². The Kier molecular flexibility index (Phi) is 6.28. The molecular weight excluding hydrogens is 430 g/mol. The van der Waals surface area contributed by atoms with Crippen LogP contribution in [0.4, 0.5) is 4.79 Å². The summed E-state index contributed by atoms with van der Waals surface area (Å²) in [6, 6.07) is 16.0. The molecular formula is C27H29N3O4. The molecule has 34 heavy (non-hydrogen) atoms. The van der Waals surface area contributed by atoms with Gasteiger partial charge in [0.1, 0.15) is 5.60 Å². The van der Waals surface area contributed by atoms with Gasteiger partial charge >= 0.3 is 12.1 Å². The fraction of sp³-hybridized carbons (Fsp3) is 0.296. The quantitative estimate of drug-likeness (QED) is 0.393. The second-order valence-corrected chi connectivity index (χ2v) is 9.06. The fourth-order valence-electron chi connectivity index (χ4n) is 4.11. The van der Waals surface area contributed by atoms with Gasteiger partial charge in [-0.3, -0.25) is 4.98 Å². The third-order valence-electron chi connectivity index (χ3n) is 5.56. The van der Waals surface area contributed by atoms with Crippen LogP contribution in [0, 0.1) is 0 Å². The molecule has 7 heteroatoms. The molecule has 0 atom stereocenters. The predicted octanol–water partition coefficient (Wildman–Crippen LogP) is 5.59. The van der Waals surface area contributed by atoms with E-state index < -0.39 is 17.7 Å². The number of fused-ring (bicyclic) bond motifs is 2. The van der Waals surface area contributed by atoms with Gasteiger partial charge in [0.15, 0.2) is 0 Å². The molecule has 1 amide bonds. The molecule has 0 aliphatic rings. The van der Waals surface area contributed by atoms with Crippen molar-refractivity contribution in [2.24, 2.45) is 7.05 Å². The van der Waals surface area contributed by atoms with E-state index in [1.807, 2.05) is 54.1 Å². The van der Waals surface area contributed by atoms with Crippen molar-refractivity contribution >= 4 is 33.9 Å². The maximum atomic E-state index is 12.9. The highest BCUT2D eigenvalue weighted by Crippen LogP contribution is 2.33. The number of rotatable bonds is 5. The Labute approximate surface area is 198 Å². The first kappa shape index (κ1) is 23.3. The Balaban J connectivity index is 1.80. The second-order valence-electron chi connectivity index (χ2n) is 9.06. The SMILES string of the molecule is CCOC(=O)c1c(CNC(=O)OC(C)(C)C)n(C)c2cc(-c3ccnc4ccccc34)ccc12. The topological polar surface area (TPSA) is 82.5 Å². The van der Waals surface area contributed by atoms with Gasteiger partial charge in [-0.25, -0.2) is 9.59 Å². The van der Waals surface area contributed by atoms with E-state index in [4.69, 9.17) is 9.47 Å². The van der Waals surface area contributed by atoms with Crippen molar-refractivity contribution in [3.05, 3.63) is 66.0 Å². The van der Waals surface area contributed by atoms with Gasteiger partial charge in [0.2, 0.25) is 0 Å². The van der Waals surface area contributed by atoms with E-state index >= 15 is 0 Å². The van der Waals surface area contributed by atoms with Gasteiger partial charge in [0.05, 0.1) is 29.9 Å². The first-order valence-corrected chi connectivity index (χ1v) is 11.3. The van der Waals surface area contributed by atoms with E-state index in [1.54, 1.807) is 33.9 Å². The van der Waals surface area contributed by atoms with Crippen LogP contribution in [-0.4, -0.2) is 33.8 Å². The number of benzene rings is 2. The summed E-state index contributed by atoms with van der Waals surface area (Å²) >= 11 is 0. The van der Waals surface area contributed by atoms with Crippen LogP contribution >= 0.6 is 0 Å². The number of aryl methyl sites for hydroxylation is 1. The number of esters is 1. The van der Waals surface area contributed by atoms with E-state index in [0.29, 0.717) is 11.3 Å². The Bertz CT molecular complexity index is 1380. The molecule has 0 unspecified atom stereocenters. The minimum atomic E-state index is -0.616. The summed E-state index contributed by atoms with van der Waals surface area (Å²) < 4.78 is 12.6. The Morgan fingerprint density at radius 1 is 1.06 bits per heavy atom. The lowest BCUT2D eigenvalue weighted by molar-refractivity contribution is 0.0502. The highest BCUT2D eigenvalue weighted by atomic mass is 16.6. The number of carbonyl (C=O) groups is 2. The Morgan fingerprint density at radius 2 is 1.82 bits per heavy atom. The molecule has 0 saturated carbocycles. The maximum absolute atomic E-state index is 12.9. The molecule has 4 rings (SSSR count). The van der Waals surface area contributed by atoms with Gasteiger partial charge < -0.3 is 19.4 Å². The minimum absolute atomic E-state index is 0.127. The molecule has 2 aromatic carbocycles. The highest BCUT2D eigenvalue weighted by Gasteiger charge is 2.24. The van der Waals surface area contributed by atoms with Gasteiger partial charge in [0, 0.05) is 29.5 Å². The number of alkyl carbamates (subject to hydrolysis) is 1. The standard InChI is InChI=1S/C27H29N3O4/c1-6-33-25(31)24-20-12-11-17(18-13-14-28-21-10-8-7-9-19(18)21)15-22(20)30(5)23(24)16-29-26(32)34-27(2,3)4/h7-15H,6,16H2,1-5H3,(H,29,32). The van der Waals surface area contributed by atoms with Crippen LogP contribution in [0.25, 0.3) is 32.9 Å². The number of nitrogens with one attached hydrogen (secondary N) is 1. The molecule has 2 aromatic heterocycles. The van der Waals surface area contributed by atoms with Crippen molar-refractivity contribution in [1.82, 2.24) is 14.9 Å². The zero-order chi connectivity index (χ0) is 24.5. The number of ether oxygens (including phenoxy) is 2.